The number of para-hydroxylation sites is 1. The van der Waals surface area contributed by atoms with Gasteiger partial charge in [-0.2, -0.15) is 0 Å². The van der Waals surface area contributed by atoms with Crippen LogP contribution in [0.3, 0.4) is 0 Å². The highest BCUT2D eigenvalue weighted by atomic mass is 16.5. The van der Waals surface area contributed by atoms with Crippen molar-refractivity contribution in [1.29, 1.82) is 0 Å². The van der Waals surface area contributed by atoms with Crippen molar-refractivity contribution in [3.63, 3.8) is 0 Å². The summed E-state index contributed by atoms with van der Waals surface area (Å²) >= 11 is 0. The van der Waals surface area contributed by atoms with Gasteiger partial charge in [0.1, 0.15) is 0 Å². The van der Waals surface area contributed by atoms with E-state index < -0.39 is 0 Å². The van der Waals surface area contributed by atoms with Crippen molar-refractivity contribution >= 4 is 11.3 Å². The third-order valence-electron chi connectivity index (χ3n) is 3.83. The predicted molar refractivity (Wildman–Crippen MR) is 90.7 cm³/mol. The zero-order valence-electron chi connectivity index (χ0n) is 13.0. The first-order chi connectivity index (χ1) is 10.1. The molecule has 0 aromatic heterocycles. The van der Waals surface area contributed by atoms with Crippen LogP contribution in [0.15, 0.2) is 54.8 Å². The van der Waals surface area contributed by atoms with E-state index in [0.29, 0.717) is 0 Å². The summed E-state index contributed by atoms with van der Waals surface area (Å²) in [6.45, 7) is 5.43. The molecule has 0 saturated heterocycles. The lowest BCUT2D eigenvalue weighted by Crippen LogP contribution is -2.15. The van der Waals surface area contributed by atoms with Gasteiger partial charge in [-0.15, -0.1) is 0 Å². The second-order valence-electron chi connectivity index (χ2n) is 6.07. The summed E-state index contributed by atoms with van der Waals surface area (Å²) in [6, 6.07) is 8.08. The summed E-state index contributed by atoms with van der Waals surface area (Å²) in [7, 11) is 0. The molecule has 1 aliphatic carbocycles. The van der Waals surface area contributed by atoms with E-state index in [1.807, 2.05) is 24.3 Å². The zero-order valence-corrected chi connectivity index (χ0v) is 13.0. The molecule has 112 valence electrons. The second kappa shape index (κ2) is 7.16. The van der Waals surface area contributed by atoms with E-state index in [-0.39, 0.29) is 5.41 Å². The van der Waals surface area contributed by atoms with Gasteiger partial charge in [0.05, 0.1) is 12.9 Å². The summed E-state index contributed by atoms with van der Waals surface area (Å²) in [5, 5.41) is 0. The van der Waals surface area contributed by atoms with Gasteiger partial charge in [0.15, 0.2) is 0 Å². The molecule has 3 rings (SSSR count). The van der Waals surface area contributed by atoms with Crippen LogP contribution < -0.4 is 5.73 Å². The largest absolute Gasteiger partial charge is 0.502 e. The van der Waals surface area contributed by atoms with Gasteiger partial charge in [0.2, 0.25) is 0 Å². The van der Waals surface area contributed by atoms with Crippen LogP contribution in [-0.4, -0.2) is 6.61 Å². The van der Waals surface area contributed by atoms with Crippen molar-refractivity contribution < 1.29 is 4.74 Å². The quantitative estimate of drug-likeness (QED) is 0.740. The Kier molecular flexibility index (Phi) is 5.26. The third-order valence-corrected chi connectivity index (χ3v) is 3.83. The molecule has 1 heterocycles. The lowest BCUT2D eigenvalue weighted by Gasteiger charge is -2.30. The maximum absolute atomic E-state index is 6.01. The Balaban J connectivity index is 0.000000225. The van der Waals surface area contributed by atoms with Crippen LogP contribution in [-0.2, 0) is 4.74 Å². The molecule has 0 amide bonds. The summed E-state index contributed by atoms with van der Waals surface area (Å²) in [6.07, 6.45) is 13.8. The maximum atomic E-state index is 6.01. The minimum Gasteiger partial charge on any atom is -0.502 e. The number of rotatable bonds is 1. The Hall–Kier alpha value is -1.96. The van der Waals surface area contributed by atoms with E-state index in [4.69, 9.17) is 10.5 Å². The van der Waals surface area contributed by atoms with Gasteiger partial charge in [-0.25, -0.2) is 0 Å². The van der Waals surface area contributed by atoms with Crippen LogP contribution in [0.25, 0.3) is 5.57 Å². The molecule has 0 bridgehead atoms. The van der Waals surface area contributed by atoms with Crippen LogP contribution in [0, 0.1) is 5.41 Å². The molecule has 2 N–H and O–H groups in total. The van der Waals surface area contributed by atoms with E-state index in [9.17, 15) is 0 Å². The summed E-state index contributed by atoms with van der Waals surface area (Å²) in [4.78, 5) is 0. The van der Waals surface area contributed by atoms with Crippen molar-refractivity contribution in [2.24, 2.45) is 5.41 Å². The fourth-order valence-corrected chi connectivity index (χ4v) is 2.55. The van der Waals surface area contributed by atoms with Crippen molar-refractivity contribution in [3.05, 3.63) is 60.4 Å². The first-order valence-electron chi connectivity index (χ1n) is 7.60. The van der Waals surface area contributed by atoms with E-state index in [2.05, 4.69) is 38.1 Å². The highest BCUT2D eigenvalue weighted by Crippen LogP contribution is 2.41. The zero-order chi connectivity index (χ0) is 15.1. The lowest BCUT2D eigenvalue weighted by molar-refractivity contribution is 0.231. The van der Waals surface area contributed by atoms with Crippen molar-refractivity contribution in [2.45, 2.75) is 33.1 Å². The number of anilines is 1. The number of nitrogen functional groups attached to an aromatic ring is 1. The molecule has 2 heteroatoms. The SMILES string of the molecule is C1=COCCC1.CC1(C)CC=CC=C1c1ccccc1N. The molecule has 0 spiro atoms. The van der Waals surface area contributed by atoms with E-state index in [1.54, 1.807) is 6.26 Å². The van der Waals surface area contributed by atoms with Gasteiger partial charge in [0, 0.05) is 11.3 Å². The molecule has 2 nitrogen and oxygen atoms in total. The first-order valence-corrected chi connectivity index (χ1v) is 7.60. The van der Waals surface area contributed by atoms with Gasteiger partial charge in [-0.3, -0.25) is 0 Å². The average Bonchev–Trinajstić information content (AvgIpc) is 2.50. The van der Waals surface area contributed by atoms with Crippen molar-refractivity contribution in [1.82, 2.24) is 0 Å². The molecule has 2 aliphatic rings. The number of hydrogen-bond acceptors (Lipinski definition) is 2. The first kappa shape index (κ1) is 15.4. The Morgan fingerprint density at radius 3 is 2.48 bits per heavy atom. The third kappa shape index (κ3) is 4.25. The Morgan fingerprint density at radius 1 is 1.14 bits per heavy atom. The molecular formula is C19H25NO. The van der Waals surface area contributed by atoms with Gasteiger partial charge >= 0.3 is 0 Å². The van der Waals surface area contributed by atoms with E-state index in [1.165, 1.54) is 24.0 Å². The molecule has 0 unspecified atom stereocenters. The van der Waals surface area contributed by atoms with Crippen LogP contribution in [0.1, 0.15) is 38.7 Å². The van der Waals surface area contributed by atoms with Crippen molar-refractivity contribution in [2.75, 3.05) is 12.3 Å². The van der Waals surface area contributed by atoms with Crippen molar-refractivity contribution in [3.8, 4) is 0 Å². The number of hydrogen-bond donors (Lipinski definition) is 1. The van der Waals surface area contributed by atoms with Gasteiger partial charge in [-0.1, -0.05) is 50.3 Å². The van der Waals surface area contributed by atoms with Gasteiger partial charge in [-0.05, 0) is 42.4 Å². The van der Waals surface area contributed by atoms with Crippen LogP contribution in [0.4, 0.5) is 5.69 Å². The second-order valence-corrected chi connectivity index (χ2v) is 6.07. The molecule has 0 radical (unpaired) electrons. The molecular weight excluding hydrogens is 258 g/mol. The van der Waals surface area contributed by atoms with E-state index in [0.717, 1.165) is 18.7 Å². The van der Waals surface area contributed by atoms with Crippen LogP contribution >= 0.6 is 0 Å². The molecule has 1 aromatic carbocycles. The van der Waals surface area contributed by atoms with Crippen LogP contribution in [0.2, 0.25) is 0 Å². The average molecular weight is 283 g/mol. The molecule has 0 fully saturated rings. The Bertz CT molecular complexity index is 544. The molecule has 0 saturated carbocycles. The smallest absolute Gasteiger partial charge is 0.0876 e. The minimum absolute atomic E-state index is 0.185. The van der Waals surface area contributed by atoms with E-state index >= 15 is 0 Å². The van der Waals surface area contributed by atoms with Crippen LogP contribution in [0.5, 0.6) is 0 Å². The monoisotopic (exact) mass is 283 g/mol. The predicted octanol–water partition coefficient (Wildman–Crippen LogP) is 4.95. The molecule has 1 aliphatic heterocycles. The van der Waals surface area contributed by atoms with Gasteiger partial charge in [0.25, 0.3) is 0 Å². The number of nitrogens with two attached hydrogens (primary N) is 1. The van der Waals surface area contributed by atoms with Gasteiger partial charge < -0.3 is 10.5 Å². The highest BCUT2D eigenvalue weighted by Gasteiger charge is 2.25. The summed E-state index contributed by atoms with van der Waals surface area (Å²) < 4.78 is 4.89. The number of ether oxygens (including phenoxy) is 1. The minimum atomic E-state index is 0.185. The fourth-order valence-electron chi connectivity index (χ4n) is 2.55. The standard InChI is InChI=1S/C14H17N.C5H8O/c1-14(2)10-6-5-8-12(14)11-7-3-4-9-13(11)15;1-2-4-6-5-3-1/h3-9H,10,15H2,1-2H3;2,4H,1,3,5H2. The number of allylic oxidation sites excluding steroid dienone is 5. The topological polar surface area (TPSA) is 35.2 Å². The molecule has 1 aromatic rings. The lowest BCUT2D eigenvalue weighted by atomic mass is 9.75. The summed E-state index contributed by atoms with van der Waals surface area (Å²) in [5.41, 5.74) is 9.57. The Labute approximate surface area is 128 Å². The summed E-state index contributed by atoms with van der Waals surface area (Å²) in [5.74, 6) is 0. The molecule has 21 heavy (non-hydrogen) atoms. The molecule has 0 atom stereocenters. The number of benzene rings is 1. The maximum Gasteiger partial charge on any atom is 0.0876 e. The highest BCUT2D eigenvalue weighted by molar-refractivity contribution is 5.79. The normalized spacial score (nSPS) is 19.0. The fraction of sp³-hybridized carbons (Fsp3) is 0.368. The Morgan fingerprint density at radius 2 is 1.95 bits per heavy atom.